The second-order valence-corrected chi connectivity index (χ2v) is 7.20. The minimum absolute atomic E-state index is 0.0111. The van der Waals surface area contributed by atoms with E-state index in [0.29, 0.717) is 24.9 Å². The monoisotopic (exact) mass is 301 g/mol. The Hall–Kier alpha value is -1.48. The number of morpholine rings is 1. The molecule has 0 aromatic carbocycles. The number of carbonyl (C=O) groups is 1. The molecule has 3 heterocycles. The second kappa shape index (κ2) is 4.81. The summed E-state index contributed by atoms with van der Waals surface area (Å²) in [5.74, 6) is 0.478. The van der Waals surface area contributed by atoms with Gasteiger partial charge in [0.15, 0.2) is 15.7 Å². The molecular weight excluding hydrogens is 286 g/mol. The van der Waals surface area contributed by atoms with Crippen molar-refractivity contribution in [3.05, 3.63) is 11.7 Å². The van der Waals surface area contributed by atoms with Crippen molar-refractivity contribution < 1.29 is 22.5 Å². The molecular formula is C11H15N3O5S. The number of amides is 1. The van der Waals surface area contributed by atoms with Gasteiger partial charge in [0.25, 0.3) is 0 Å². The third kappa shape index (κ3) is 2.55. The molecule has 2 atom stereocenters. The van der Waals surface area contributed by atoms with Crippen LogP contribution in [0.15, 0.2) is 4.52 Å². The summed E-state index contributed by atoms with van der Waals surface area (Å²) in [4.78, 5) is 17.8. The number of rotatable bonds is 2. The highest BCUT2D eigenvalue weighted by Gasteiger charge is 2.45. The average Bonchev–Trinajstić information content (AvgIpc) is 2.89. The third-order valence-corrected chi connectivity index (χ3v) is 5.22. The van der Waals surface area contributed by atoms with Gasteiger partial charge in [0.1, 0.15) is 0 Å². The molecule has 0 radical (unpaired) electrons. The first-order valence-electron chi connectivity index (χ1n) is 6.35. The van der Waals surface area contributed by atoms with E-state index in [1.807, 2.05) is 0 Å². The second-order valence-electron chi connectivity index (χ2n) is 5.05. The molecule has 1 aromatic rings. The number of carbonyl (C=O) groups excluding carboxylic acids is 1. The van der Waals surface area contributed by atoms with Crippen LogP contribution in [0.2, 0.25) is 0 Å². The molecule has 2 aliphatic heterocycles. The fraction of sp³-hybridized carbons (Fsp3) is 0.727. The lowest BCUT2D eigenvalue weighted by molar-refractivity contribution is -0.142. The predicted octanol–water partition coefficient (Wildman–Crippen LogP) is -1.06. The number of ether oxygens (including phenoxy) is 1. The van der Waals surface area contributed by atoms with Crippen molar-refractivity contribution in [3.63, 3.8) is 0 Å². The molecule has 8 nitrogen and oxygen atoms in total. The molecule has 3 rings (SSSR count). The van der Waals surface area contributed by atoms with Gasteiger partial charge in [-0.2, -0.15) is 4.98 Å². The van der Waals surface area contributed by atoms with Gasteiger partial charge in [0.2, 0.25) is 11.8 Å². The minimum atomic E-state index is -3.13. The Morgan fingerprint density at radius 3 is 2.95 bits per heavy atom. The van der Waals surface area contributed by atoms with Crippen molar-refractivity contribution in [2.75, 3.05) is 24.7 Å². The molecule has 1 aromatic heterocycles. The summed E-state index contributed by atoms with van der Waals surface area (Å²) in [6.07, 6.45) is -0.398. The largest absolute Gasteiger partial charge is 0.373 e. The van der Waals surface area contributed by atoms with Gasteiger partial charge >= 0.3 is 0 Å². The highest BCUT2D eigenvalue weighted by Crippen LogP contribution is 2.25. The van der Waals surface area contributed by atoms with Crippen molar-refractivity contribution in [3.8, 4) is 0 Å². The third-order valence-electron chi connectivity index (χ3n) is 3.54. The maximum atomic E-state index is 12.3. The molecule has 2 aliphatic rings. The molecule has 110 valence electrons. The van der Waals surface area contributed by atoms with Gasteiger partial charge in [0, 0.05) is 13.5 Å². The van der Waals surface area contributed by atoms with Crippen LogP contribution in [0.5, 0.6) is 0 Å². The van der Waals surface area contributed by atoms with E-state index in [4.69, 9.17) is 9.26 Å². The summed E-state index contributed by atoms with van der Waals surface area (Å²) in [7, 11) is -3.13. The predicted molar refractivity (Wildman–Crippen MR) is 66.6 cm³/mol. The van der Waals surface area contributed by atoms with Gasteiger partial charge in [-0.1, -0.05) is 5.16 Å². The summed E-state index contributed by atoms with van der Waals surface area (Å²) < 4.78 is 33.6. The van der Waals surface area contributed by atoms with Gasteiger partial charge in [-0.25, -0.2) is 8.42 Å². The standard InChI is InChI=1S/C11H15N3O5S/c1-7-12-10(13-19-7)4-11(15)14-2-3-18-9-6-20(16,17)5-8(9)14/h8-9H,2-6H2,1H3. The molecule has 0 bridgehead atoms. The Balaban J connectivity index is 1.74. The highest BCUT2D eigenvalue weighted by molar-refractivity contribution is 7.91. The topological polar surface area (TPSA) is 103 Å². The number of nitrogens with zero attached hydrogens (tertiary/aromatic N) is 3. The van der Waals surface area contributed by atoms with Gasteiger partial charge in [-0.15, -0.1) is 0 Å². The Bertz CT molecular complexity index is 626. The summed E-state index contributed by atoms with van der Waals surface area (Å²) in [6, 6.07) is -0.394. The Labute approximate surface area is 116 Å². The van der Waals surface area contributed by atoms with Crippen molar-refractivity contribution in [1.29, 1.82) is 0 Å². The number of hydrogen-bond donors (Lipinski definition) is 0. The first kappa shape index (κ1) is 13.5. The molecule has 2 unspecified atom stereocenters. The molecule has 9 heteroatoms. The van der Waals surface area contributed by atoms with Gasteiger partial charge in [0.05, 0.1) is 36.7 Å². The molecule has 0 N–H and O–H groups in total. The Kier molecular flexibility index (Phi) is 3.25. The smallest absolute Gasteiger partial charge is 0.230 e. The first-order valence-corrected chi connectivity index (χ1v) is 8.17. The SMILES string of the molecule is Cc1nc(CC(=O)N2CCOC3CS(=O)(=O)CC32)no1. The van der Waals surface area contributed by atoms with Crippen LogP contribution in [0.3, 0.4) is 0 Å². The molecule has 2 fully saturated rings. The van der Waals surface area contributed by atoms with Crippen LogP contribution in [-0.4, -0.2) is 66.2 Å². The lowest BCUT2D eigenvalue weighted by Gasteiger charge is -2.36. The summed E-state index contributed by atoms with van der Waals surface area (Å²) in [6.45, 7) is 2.40. The van der Waals surface area contributed by atoms with Crippen LogP contribution >= 0.6 is 0 Å². The van der Waals surface area contributed by atoms with E-state index in [-0.39, 0.29) is 23.8 Å². The van der Waals surface area contributed by atoms with E-state index >= 15 is 0 Å². The van der Waals surface area contributed by atoms with Gasteiger partial charge < -0.3 is 14.2 Å². The summed E-state index contributed by atoms with van der Waals surface area (Å²) in [5, 5.41) is 3.68. The van der Waals surface area contributed by atoms with Crippen LogP contribution in [0.4, 0.5) is 0 Å². The first-order chi connectivity index (χ1) is 9.44. The zero-order chi connectivity index (χ0) is 14.3. The van der Waals surface area contributed by atoms with E-state index in [9.17, 15) is 13.2 Å². The fourth-order valence-corrected chi connectivity index (χ4v) is 4.54. The van der Waals surface area contributed by atoms with E-state index in [1.54, 1.807) is 11.8 Å². The Morgan fingerprint density at radius 2 is 2.25 bits per heavy atom. The molecule has 0 aliphatic carbocycles. The van der Waals surface area contributed by atoms with Crippen molar-refractivity contribution in [2.45, 2.75) is 25.5 Å². The number of fused-ring (bicyclic) bond motifs is 1. The number of hydrogen-bond acceptors (Lipinski definition) is 7. The minimum Gasteiger partial charge on any atom is -0.373 e. The van der Waals surface area contributed by atoms with E-state index in [1.165, 1.54) is 0 Å². The quantitative estimate of drug-likeness (QED) is 0.686. The highest BCUT2D eigenvalue weighted by atomic mass is 32.2. The lowest BCUT2D eigenvalue weighted by Crippen LogP contribution is -2.53. The Morgan fingerprint density at radius 1 is 1.45 bits per heavy atom. The number of aromatic nitrogens is 2. The molecule has 0 saturated carbocycles. The summed E-state index contributed by atoms with van der Waals surface area (Å²) >= 11 is 0. The van der Waals surface area contributed by atoms with E-state index < -0.39 is 22.0 Å². The van der Waals surface area contributed by atoms with Crippen LogP contribution < -0.4 is 0 Å². The number of sulfone groups is 1. The summed E-state index contributed by atoms with van der Waals surface area (Å²) in [5.41, 5.74) is 0. The van der Waals surface area contributed by atoms with Crippen LogP contribution in [0.1, 0.15) is 11.7 Å². The van der Waals surface area contributed by atoms with Crippen molar-refractivity contribution in [1.82, 2.24) is 15.0 Å². The molecule has 1 amide bonds. The van der Waals surface area contributed by atoms with Gasteiger partial charge in [-0.05, 0) is 0 Å². The van der Waals surface area contributed by atoms with Crippen molar-refractivity contribution >= 4 is 15.7 Å². The normalized spacial score (nSPS) is 28.4. The van der Waals surface area contributed by atoms with Crippen LogP contribution in [0, 0.1) is 6.92 Å². The van der Waals surface area contributed by atoms with E-state index in [2.05, 4.69) is 10.1 Å². The fourth-order valence-electron chi connectivity index (χ4n) is 2.67. The molecule has 20 heavy (non-hydrogen) atoms. The molecule has 2 saturated heterocycles. The van der Waals surface area contributed by atoms with Crippen LogP contribution in [0.25, 0.3) is 0 Å². The van der Waals surface area contributed by atoms with Crippen molar-refractivity contribution in [2.24, 2.45) is 0 Å². The maximum absolute atomic E-state index is 12.3. The number of aryl methyl sites for hydroxylation is 1. The lowest BCUT2D eigenvalue weighted by atomic mass is 10.1. The zero-order valence-corrected chi connectivity index (χ0v) is 11.8. The van der Waals surface area contributed by atoms with E-state index in [0.717, 1.165) is 0 Å². The van der Waals surface area contributed by atoms with Gasteiger partial charge in [-0.3, -0.25) is 4.79 Å². The average molecular weight is 301 g/mol. The zero-order valence-electron chi connectivity index (χ0n) is 11.0. The molecule has 0 spiro atoms. The maximum Gasteiger partial charge on any atom is 0.230 e. The van der Waals surface area contributed by atoms with Crippen LogP contribution in [-0.2, 0) is 25.8 Å².